The molecule has 0 saturated carbocycles. The van der Waals surface area contributed by atoms with Crippen LogP contribution in [0.1, 0.15) is 22.1 Å². The molecule has 0 fully saturated rings. The van der Waals surface area contributed by atoms with E-state index in [-0.39, 0.29) is 0 Å². The van der Waals surface area contributed by atoms with Crippen molar-refractivity contribution in [2.45, 2.75) is 18.9 Å². The SMILES string of the molecule is OC(Cc1cc(Br)cc2c1OCC2)c1cc(Br)c(Cl)s1. The molecule has 0 aliphatic carbocycles. The maximum Gasteiger partial charge on any atom is 0.125 e. The topological polar surface area (TPSA) is 29.5 Å². The van der Waals surface area contributed by atoms with E-state index < -0.39 is 6.10 Å². The molecule has 0 bridgehead atoms. The second kappa shape index (κ2) is 5.97. The van der Waals surface area contributed by atoms with Gasteiger partial charge in [-0.15, -0.1) is 11.3 Å². The van der Waals surface area contributed by atoms with Gasteiger partial charge in [0.25, 0.3) is 0 Å². The van der Waals surface area contributed by atoms with Gasteiger partial charge >= 0.3 is 0 Å². The minimum atomic E-state index is -0.577. The van der Waals surface area contributed by atoms with Gasteiger partial charge in [-0.1, -0.05) is 27.5 Å². The highest BCUT2D eigenvalue weighted by atomic mass is 79.9. The van der Waals surface area contributed by atoms with Gasteiger partial charge in [-0.05, 0) is 45.3 Å². The summed E-state index contributed by atoms with van der Waals surface area (Å²) in [6, 6.07) is 5.96. The van der Waals surface area contributed by atoms with E-state index in [0.717, 1.165) is 31.6 Å². The summed E-state index contributed by atoms with van der Waals surface area (Å²) in [6.45, 7) is 0.714. The second-order valence-corrected chi connectivity index (χ2v) is 8.10. The van der Waals surface area contributed by atoms with Crippen molar-refractivity contribution in [2.75, 3.05) is 6.61 Å². The van der Waals surface area contributed by atoms with Crippen molar-refractivity contribution in [1.29, 1.82) is 0 Å². The molecule has 106 valence electrons. The fraction of sp³-hybridized carbons (Fsp3) is 0.286. The highest BCUT2D eigenvalue weighted by Gasteiger charge is 2.21. The number of aliphatic hydroxyl groups excluding tert-OH is 1. The summed E-state index contributed by atoms with van der Waals surface area (Å²) < 4.78 is 8.20. The molecule has 1 atom stereocenters. The molecule has 0 radical (unpaired) electrons. The van der Waals surface area contributed by atoms with Crippen molar-refractivity contribution in [1.82, 2.24) is 0 Å². The van der Waals surface area contributed by atoms with Crippen molar-refractivity contribution < 1.29 is 9.84 Å². The van der Waals surface area contributed by atoms with Gasteiger partial charge in [0.15, 0.2) is 0 Å². The molecule has 0 spiro atoms. The maximum absolute atomic E-state index is 10.4. The molecule has 2 nitrogen and oxygen atoms in total. The molecule has 3 rings (SSSR count). The molecule has 1 N–H and O–H groups in total. The molecule has 0 amide bonds. The molecule has 1 unspecified atom stereocenters. The molecule has 1 aromatic heterocycles. The number of hydrogen-bond acceptors (Lipinski definition) is 3. The monoisotopic (exact) mass is 436 g/mol. The number of halogens is 3. The van der Waals surface area contributed by atoms with E-state index in [4.69, 9.17) is 16.3 Å². The molecule has 1 aliphatic heterocycles. The predicted molar refractivity (Wildman–Crippen MR) is 89.0 cm³/mol. The molecule has 2 heterocycles. The van der Waals surface area contributed by atoms with E-state index in [0.29, 0.717) is 17.4 Å². The number of benzene rings is 1. The molecular weight excluding hydrogens is 427 g/mol. The lowest BCUT2D eigenvalue weighted by Gasteiger charge is -2.12. The van der Waals surface area contributed by atoms with E-state index in [1.54, 1.807) is 0 Å². The first-order chi connectivity index (χ1) is 9.54. The summed E-state index contributed by atoms with van der Waals surface area (Å²) >= 11 is 14.3. The average Bonchev–Trinajstić information content (AvgIpc) is 2.97. The number of aliphatic hydroxyl groups is 1. The van der Waals surface area contributed by atoms with E-state index in [1.807, 2.05) is 12.1 Å². The van der Waals surface area contributed by atoms with E-state index in [2.05, 4.69) is 37.9 Å². The minimum absolute atomic E-state index is 0.519. The average molecular weight is 439 g/mol. The second-order valence-electron chi connectivity index (χ2n) is 4.64. The van der Waals surface area contributed by atoms with Crippen LogP contribution in [0.25, 0.3) is 0 Å². The van der Waals surface area contributed by atoms with Gasteiger partial charge in [0.2, 0.25) is 0 Å². The first kappa shape index (κ1) is 14.9. The van der Waals surface area contributed by atoms with Gasteiger partial charge in [-0.2, -0.15) is 0 Å². The quantitative estimate of drug-likeness (QED) is 0.719. The Morgan fingerprint density at radius 3 is 2.85 bits per heavy atom. The maximum atomic E-state index is 10.4. The van der Waals surface area contributed by atoms with Crippen molar-refractivity contribution in [3.63, 3.8) is 0 Å². The van der Waals surface area contributed by atoms with Crippen LogP contribution in [0.15, 0.2) is 27.1 Å². The van der Waals surface area contributed by atoms with Crippen LogP contribution in [0.5, 0.6) is 5.75 Å². The van der Waals surface area contributed by atoms with Crippen LogP contribution >= 0.6 is 54.8 Å². The van der Waals surface area contributed by atoms with Crippen LogP contribution < -0.4 is 4.74 Å². The predicted octanol–water partition coefficient (Wildman–Crippen LogP) is 5.14. The molecule has 1 aromatic carbocycles. The number of fused-ring (bicyclic) bond motifs is 1. The van der Waals surface area contributed by atoms with E-state index in [9.17, 15) is 5.11 Å². The fourth-order valence-corrected chi connectivity index (χ4v) is 4.61. The van der Waals surface area contributed by atoms with Crippen LogP contribution in [-0.4, -0.2) is 11.7 Å². The summed E-state index contributed by atoms with van der Waals surface area (Å²) in [5.74, 6) is 0.925. The molecule has 20 heavy (non-hydrogen) atoms. The lowest BCUT2D eigenvalue weighted by atomic mass is 10.0. The summed E-state index contributed by atoms with van der Waals surface area (Å²) in [5, 5.41) is 10.4. The Balaban J connectivity index is 1.88. The molecule has 0 saturated heterocycles. The van der Waals surface area contributed by atoms with Gasteiger partial charge in [-0.25, -0.2) is 0 Å². The fourth-order valence-electron chi connectivity index (χ4n) is 2.33. The van der Waals surface area contributed by atoms with Gasteiger partial charge < -0.3 is 9.84 Å². The standard InChI is InChI=1S/C14H11Br2ClO2S/c15-9-3-7-1-2-19-13(7)8(4-9)5-11(18)12-6-10(16)14(17)20-12/h3-4,6,11,18H,1-2,5H2. The third kappa shape index (κ3) is 2.92. The van der Waals surface area contributed by atoms with Crippen LogP contribution in [0.3, 0.4) is 0 Å². The van der Waals surface area contributed by atoms with Crippen LogP contribution in [-0.2, 0) is 12.8 Å². The highest BCUT2D eigenvalue weighted by molar-refractivity contribution is 9.10. The van der Waals surface area contributed by atoms with Crippen molar-refractivity contribution in [3.8, 4) is 5.75 Å². The Morgan fingerprint density at radius 1 is 1.35 bits per heavy atom. The van der Waals surface area contributed by atoms with E-state index >= 15 is 0 Å². The summed E-state index contributed by atoms with van der Waals surface area (Å²) in [6.07, 6.45) is 0.866. The number of rotatable bonds is 3. The molecule has 6 heteroatoms. The first-order valence-corrected chi connectivity index (χ1v) is 8.89. The normalized spacial score (nSPS) is 15.0. The van der Waals surface area contributed by atoms with Gasteiger partial charge in [0.1, 0.15) is 10.1 Å². The smallest absolute Gasteiger partial charge is 0.125 e. The Morgan fingerprint density at radius 2 is 2.15 bits per heavy atom. The first-order valence-electron chi connectivity index (χ1n) is 6.11. The number of ether oxygens (including phenoxy) is 1. The van der Waals surface area contributed by atoms with Crippen molar-refractivity contribution >= 4 is 54.8 Å². The third-order valence-corrected chi connectivity index (χ3v) is 6.27. The zero-order chi connectivity index (χ0) is 14.3. The lowest BCUT2D eigenvalue weighted by molar-refractivity contribution is 0.181. The zero-order valence-electron chi connectivity index (χ0n) is 10.3. The van der Waals surface area contributed by atoms with E-state index in [1.165, 1.54) is 16.9 Å². The molecule has 1 aliphatic rings. The van der Waals surface area contributed by atoms with Crippen LogP contribution in [0, 0.1) is 0 Å². The summed E-state index contributed by atoms with van der Waals surface area (Å²) in [4.78, 5) is 0.855. The number of hydrogen-bond donors (Lipinski definition) is 1. The van der Waals surface area contributed by atoms with Gasteiger partial charge in [-0.3, -0.25) is 0 Å². The van der Waals surface area contributed by atoms with Gasteiger partial charge in [0.05, 0.1) is 12.7 Å². The Hall–Kier alpha value is -0.0700. The number of thiophene rings is 1. The summed E-state index contributed by atoms with van der Waals surface area (Å²) in [7, 11) is 0. The minimum Gasteiger partial charge on any atom is -0.493 e. The Labute approximate surface area is 143 Å². The molecular formula is C14H11Br2ClO2S. The highest BCUT2D eigenvalue weighted by Crippen LogP contribution is 2.39. The van der Waals surface area contributed by atoms with Crippen molar-refractivity contribution in [3.05, 3.63) is 47.5 Å². The summed E-state index contributed by atoms with van der Waals surface area (Å²) in [5.41, 5.74) is 2.23. The zero-order valence-corrected chi connectivity index (χ0v) is 15.1. The Bertz CT molecular complexity index is 637. The van der Waals surface area contributed by atoms with Crippen molar-refractivity contribution in [2.24, 2.45) is 0 Å². The largest absolute Gasteiger partial charge is 0.493 e. The van der Waals surface area contributed by atoms with Gasteiger partial charge in [0, 0.05) is 26.7 Å². The molecule has 2 aromatic rings. The third-order valence-electron chi connectivity index (χ3n) is 3.23. The lowest BCUT2D eigenvalue weighted by Crippen LogP contribution is -2.01. The van der Waals surface area contributed by atoms with Crippen LogP contribution in [0.4, 0.5) is 0 Å². The van der Waals surface area contributed by atoms with Crippen LogP contribution in [0.2, 0.25) is 4.34 Å². The Kier molecular flexibility index (Phi) is 4.43.